The van der Waals surface area contributed by atoms with E-state index in [1.807, 2.05) is 18.2 Å². The van der Waals surface area contributed by atoms with Crippen LogP contribution < -0.4 is 20.4 Å². The highest BCUT2D eigenvalue weighted by molar-refractivity contribution is 5.90. The van der Waals surface area contributed by atoms with Gasteiger partial charge in [0, 0.05) is 42.1 Å². The van der Waals surface area contributed by atoms with Crippen LogP contribution in [0.15, 0.2) is 77.1 Å². The Morgan fingerprint density at radius 1 is 1.16 bits per heavy atom. The molecular weight excluding hydrogens is 489 g/mol. The number of carbonyl (C=O) groups excluding carboxylic acids is 2. The summed E-state index contributed by atoms with van der Waals surface area (Å²) in [5, 5.41) is 12.2. The number of rotatable bonds is 9. The van der Waals surface area contributed by atoms with Crippen LogP contribution in [0, 0.1) is 5.82 Å². The Morgan fingerprint density at radius 2 is 1.92 bits per heavy atom. The van der Waals surface area contributed by atoms with E-state index in [1.54, 1.807) is 43.5 Å². The molecule has 2 amide bonds. The van der Waals surface area contributed by atoms with Gasteiger partial charge in [0.1, 0.15) is 11.6 Å². The van der Waals surface area contributed by atoms with Crippen molar-refractivity contribution < 1.29 is 23.5 Å². The van der Waals surface area contributed by atoms with Crippen LogP contribution in [-0.2, 0) is 20.7 Å². The van der Waals surface area contributed by atoms with Crippen LogP contribution in [0.1, 0.15) is 30.0 Å². The summed E-state index contributed by atoms with van der Waals surface area (Å²) in [5.41, 5.74) is 8.34. The fourth-order valence-electron chi connectivity index (χ4n) is 5.10. The second kappa shape index (κ2) is 10.7. The number of benzene rings is 3. The number of fused-ring (bicyclic) bond motifs is 1. The number of nitrogens with zero attached hydrogens (tertiary/aromatic N) is 3. The van der Waals surface area contributed by atoms with E-state index >= 15 is 0 Å². The molecule has 3 unspecified atom stereocenters. The van der Waals surface area contributed by atoms with Crippen molar-refractivity contribution in [3.8, 4) is 5.75 Å². The molecule has 2 aliphatic rings. The first-order chi connectivity index (χ1) is 18.4. The summed E-state index contributed by atoms with van der Waals surface area (Å²) < 4.78 is 24.7. The van der Waals surface area contributed by atoms with E-state index in [4.69, 9.17) is 20.4 Å². The highest BCUT2D eigenvalue weighted by atomic mass is 19.1. The molecule has 9 nitrogen and oxygen atoms in total. The third kappa shape index (κ3) is 4.75. The molecule has 0 aliphatic carbocycles. The van der Waals surface area contributed by atoms with E-state index in [0.29, 0.717) is 47.1 Å². The fourth-order valence-corrected chi connectivity index (χ4v) is 5.10. The van der Waals surface area contributed by atoms with Crippen LogP contribution in [0.4, 0.5) is 21.5 Å². The molecule has 0 spiro atoms. The normalized spacial score (nSPS) is 20.6. The first-order valence-corrected chi connectivity index (χ1v) is 12.4. The van der Waals surface area contributed by atoms with Gasteiger partial charge in [0.2, 0.25) is 11.9 Å². The number of quaternary nitrogens is 1. The van der Waals surface area contributed by atoms with Crippen molar-refractivity contribution in [2.24, 2.45) is 16.1 Å². The van der Waals surface area contributed by atoms with Crippen LogP contribution >= 0.6 is 0 Å². The first kappa shape index (κ1) is 25.5. The van der Waals surface area contributed by atoms with Gasteiger partial charge in [-0.3, -0.25) is 9.59 Å². The molecule has 3 N–H and O–H groups in total. The molecule has 1 saturated heterocycles. The van der Waals surface area contributed by atoms with Crippen molar-refractivity contribution in [3.05, 3.63) is 83.7 Å². The predicted molar refractivity (Wildman–Crippen MR) is 139 cm³/mol. The van der Waals surface area contributed by atoms with Gasteiger partial charge in [-0.1, -0.05) is 21.8 Å². The lowest BCUT2D eigenvalue weighted by molar-refractivity contribution is -0.126. The molecule has 3 aromatic rings. The molecule has 38 heavy (non-hydrogen) atoms. The Bertz CT molecular complexity index is 1360. The zero-order valence-corrected chi connectivity index (χ0v) is 21.0. The quantitative estimate of drug-likeness (QED) is 0.404. The molecule has 5 rings (SSSR count). The van der Waals surface area contributed by atoms with Gasteiger partial charge in [0.15, 0.2) is 17.1 Å². The van der Waals surface area contributed by atoms with Crippen molar-refractivity contribution in [3.63, 3.8) is 0 Å². The minimum Gasteiger partial charge on any atom is -0.497 e. The monoisotopic (exact) mass is 518 g/mol. The minimum absolute atomic E-state index is 0.0305. The van der Waals surface area contributed by atoms with Crippen LogP contribution in [0.2, 0.25) is 0 Å². The number of carbonyl (C=O) groups is 2. The fraction of sp³-hybridized carbons (Fsp3) is 0.286. The van der Waals surface area contributed by atoms with Gasteiger partial charge >= 0.3 is 0 Å². The number of nitrogens with two attached hydrogens (primary N) is 1. The number of primary amides is 1. The Hall–Kier alpha value is -4.15. The van der Waals surface area contributed by atoms with Gasteiger partial charge in [0.25, 0.3) is 5.91 Å². The van der Waals surface area contributed by atoms with Crippen molar-refractivity contribution >= 4 is 28.9 Å². The zero-order valence-electron chi connectivity index (χ0n) is 21.0. The molecule has 0 radical (unpaired) electrons. The Labute approximate surface area is 219 Å². The molecule has 196 valence electrons. The molecule has 3 atom stereocenters. The largest absolute Gasteiger partial charge is 0.497 e. The second-order valence-electron chi connectivity index (χ2n) is 9.34. The number of hydrogen-bond donors (Lipinski definition) is 2. The molecule has 3 aromatic carbocycles. The summed E-state index contributed by atoms with van der Waals surface area (Å²) in [4.78, 5) is 25.9. The van der Waals surface area contributed by atoms with E-state index < -0.39 is 17.8 Å². The Morgan fingerprint density at radius 3 is 2.58 bits per heavy atom. The van der Waals surface area contributed by atoms with Gasteiger partial charge < -0.3 is 20.5 Å². The summed E-state index contributed by atoms with van der Waals surface area (Å²) in [6, 6.07) is 17.4. The number of hydrogen-bond acceptors (Lipinski definition) is 6. The number of ether oxygens (including phenoxy) is 2. The summed E-state index contributed by atoms with van der Waals surface area (Å²) in [5.74, 6) is -0.621. The first-order valence-electron chi connectivity index (χ1n) is 12.4. The van der Waals surface area contributed by atoms with Crippen LogP contribution in [-0.4, -0.2) is 38.2 Å². The maximum Gasteiger partial charge on any atom is 0.286 e. The predicted octanol–water partition coefficient (Wildman–Crippen LogP) is 4.55. The van der Waals surface area contributed by atoms with Crippen LogP contribution in [0.25, 0.3) is 0 Å². The highest BCUT2D eigenvalue weighted by Gasteiger charge is 2.53. The summed E-state index contributed by atoms with van der Waals surface area (Å²) in [7, 11) is 1.57. The van der Waals surface area contributed by atoms with Crippen molar-refractivity contribution in [1.82, 2.24) is 9.91 Å². The van der Waals surface area contributed by atoms with E-state index in [-0.39, 0.29) is 23.0 Å². The molecule has 2 aliphatic heterocycles. The standard InChI is InChI=1S/C28H28FN5O4/c1-37-22-13-11-21(12-14-22)34(24-6-2-4-19(16-25(30)35)26(24)32-33-34)27(18-7-9-20(29)10-8-18)28(36)31-17-23-5-3-15-38-23/h2,4,6-14,23,27H,3,5,15-17H2,1H3,(H2-,30,31,35,36)/p+1. The molecule has 10 heteroatoms. The molecule has 2 heterocycles. The van der Waals surface area contributed by atoms with Gasteiger partial charge in [-0.2, -0.15) is 0 Å². The van der Waals surface area contributed by atoms with E-state index in [1.165, 1.54) is 12.1 Å². The highest BCUT2D eigenvalue weighted by Crippen LogP contribution is 2.54. The SMILES string of the molecule is COc1ccc([N+]2(C(C(=O)NCC3CCCO3)c3ccc(F)cc3)N=Nc3c(CC(N)=O)cccc32)cc1. The average molecular weight is 519 g/mol. The van der Waals surface area contributed by atoms with Crippen molar-refractivity contribution in [1.29, 1.82) is 0 Å². The average Bonchev–Trinajstić information content (AvgIpc) is 3.58. The smallest absolute Gasteiger partial charge is 0.286 e. The molecular formula is C28H29FN5O4+. The summed E-state index contributed by atoms with van der Waals surface area (Å²) in [6.45, 7) is 1.00. The van der Waals surface area contributed by atoms with E-state index in [9.17, 15) is 14.0 Å². The van der Waals surface area contributed by atoms with Crippen LogP contribution in [0.5, 0.6) is 5.75 Å². The van der Waals surface area contributed by atoms with Crippen molar-refractivity contribution in [2.45, 2.75) is 31.4 Å². The minimum atomic E-state index is -0.973. The maximum atomic E-state index is 14.1. The van der Waals surface area contributed by atoms with E-state index in [2.05, 4.69) is 10.4 Å². The second-order valence-corrected chi connectivity index (χ2v) is 9.34. The van der Waals surface area contributed by atoms with Crippen molar-refractivity contribution in [2.75, 3.05) is 20.3 Å². The third-order valence-electron chi connectivity index (χ3n) is 6.92. The summed E-state index contributed by atoms with van der Waals surface area (Å²) >= 11 is 0. The molecule has 1 fully saturated rings. The third-order valence-corrected chi connectivity index (χ3v) is 6.92. The number of halogens is 1. The maximum absolute atomic E-state index is 14.1. The molecule has 0 saturated carbocycles. The van der Waals surface area contributed by atoms with Gasteiger partial charge in [0.05, 0.1) is 19.6 Å². The Balaban J connectivity index is 1.68. The lowest BCUT2D eigenvalue weighted by atomic mass is 9.98. The summed E-state index contributed by atoms with van der Waals surface area (Å²) in [6.07, 6.45) is 1.70. The number of nitrogens with one attached hydrogen (secondary N) is 1. The zero-order chi connectivity index (χ0) is 26.7. The van der Waals surface area contributed by atoms with Gasteiger partial charge in [-0.25, -0.2) is 4.39 Å². The molecule has 0 bridgehead atoms. The molecule has 0 aromatic heterocycles. The lowest BCUT2D eigenvalue weighted by Crippen LogP contribution is -2.49. The van der Waals surface area contributed by atoms with Crippen LogP contribution in [0.3, 0.4) is 0 Å². The lowest BCUT2D eigenvalue weighted by Gasteiger charge is -2.34. The number of amides is 2. The van der Waals surface area contributed by atoms with E-state index in [0.717, 1.165) is 12.8 Å². The Kier molecular flexibility index (Phi) is 7.17. The topological polar surface area (TPSA) is 115 Å². The number of methoxy groups -OCH3 is 1. The van der Waals surface area contributed by atoms with Gasteiger partial charge in [-0.05, 0) is 54.8 Å². The van der Waals surface area contributed by atoms with Gasteiger partial charge in [-0.15, -0.1) is 0 Å².